The van der Waals surface area contributed by atoms with E-state index in [2.05, 4.69) is 29.9 Å². The third kappa shape index (κ3) is 4.49. The molecule has 19 nitrogen and oxygen atoms in total. The van der Waals surface area contributed by atoms with Crippen molar-refractivity contribution in [3.05, 3.63) is 35.7 Å². The lowest BCUT2D eigenvalue weighted by molar-refractivity contribution is -0.0591. The van der Waals surface area contributed by atoms with Crippen molar-refractivity contribution in [2.45, 2.75) is 49.3 Å². The summed E-state index contributed by atoms with van der Waals surface area (Å²) in [6.45, 7) is -1.55. The van der Waals surface area contributed by atoms with Gasteiger partial charge in [0.25, 0.3) is 5.56 Å². The fraction of sp³-hybridized carbons (Fsp3) is 0.545. The van der Waals surface area contributed by atoms with Crippen molar-refractivity contribution in [1.82, 2.24) is 39.0 Å². The van der Waals surface area contributed by atoms with Crippen LogP contribution in [0.25, 0.3) is 22.3 Å². The Labute approximate surface area is 248 Å². The molecule has 4 aliphatic rings. The number of aromatic nitrogens is 8. The predicted octanol–water partition coefficient (Wildman–Crippen LogP) is 0.694. The number of hydrogen-bond donors (Lipinski definition) is 4. The Morgan fingerprint density at radius 3 is 2.53 bits per heavy atom. The second-order valence-electron chi connectivity index (χ2n) is 11.2. The van der Waals surface area contributed by atoms with Gasteiger partial charge in [0.2, 0.25) is 0 Å². The molecule has 2 saturated heterocycles. The number of aromatic amines is 1. The molecule has 4 aromatic rings. The van der Waals surface area contributed by atoms with Gasteiger partial charge in [-0.2, -0.15) is 0 Å². The fourth-order valence-electron chi connectivity index (χ4n) is 6.66. The molecule has 1 spiro atoms. The summed E-state index contributed by atoms with van der Waals surface area (Å²) in [4.78, 5) is 55.8. The third-order valence-corrected chi connectivity index (χ3v) is 10.7. The summed E-state index contributed by atoms with van der Waals surface area (Å²) in [7, 11) is -10.2. The summed E-state index contributed by atoms with van der Waals surface area (Å²) in [5.41, 5.74) is 4.09. The molecule has 4 fully saturated rings. The molecule has 2 aliphatic heterocycles. The first-order chi connectivity index (χ1) is 21.4. The van der Waals surface area contributed by atoms with Crippen LogP contribution in [0.1, 0.15) is 18.7 Å². The number of fused-ring (bicyclic) bond motifs is 3. The average Bonchev–Trinajstić information content (AvgIpc) is 3.27. The zero-order chi connectivity index (χ0) is 31.5. The average molecular weight is 673 g/mol. The Balaban J connectivity index is 1.11. The van der Waals surface area contributed by atoms with Crippen LogP contribution < -0.4 is 11.3 Å². The largest absolute Gasteiger partial charge is 0.472 e. The molecule has 5 N–H and O–H groups in total. The van der Waals surface area contributed by atoms with Crippen LogP contribution in [-0.4, -0.2) is 92.7 Å². The standard InChI is InChI=1S/C22H23F2N9O10P2/c23-10-14(32-6-30-12-17(25)26-4-27-18(12)32)8-1-22(8)3-40-45(37,38)42-15-9(2-39-44(35,36)43-16(10)22)41-21(11(15)24)33-7-31-13-19(33)28-5-29-20(13)34/h4-11,14-16,21H,1-3H2,(H,35,36)(H,37,38)(H2,25,26,27)(H,28,29,34)/t8-,9-,10+,11-,14-,15-,16+,21-,22+/m1/s1. The molecule has 0 aromatic carbocycles. The van der Waals surface area contributed by atoms with Crippen molar-refractivity contribution in [3.8, 4) is 0 Å². The Morgan fingerprint density at radius 1 is 0.978 bits per heavy atom. The molecule has 6 heterocycles. The van der Waals surface area contributed by atoms with E-state index in [4.69, 9.17) is 28.6 Å². The topological polar surface area (TPSA) is 254 Å². The number of anilines is 1. The summed E-state index contributed by atoms with van der Waals surface area (Å²) in [6, 6.07) is -1.05. The second-order valence-corrected chi connectivity index (χ2v) is 14.0. The first-order valence-corrected chi connectivity index (χ1v) is 16.5. The zero-order valence-corrected chi connectivity index (χ0v) is 24.4. The molecule has 23 heteroatoms. The van der Waals surface area contributed by atoms with Crippen LogP contribution in [0.2, 0.25) is 0 Å². The normalized spacial score (nSPS) is 41.7. The molecule has 45 heavy (non-hydrogen) atoms. The lowest BCUT2D eigenvalue weighted by atomic mass is 10.0. The number of ether oxygens (including phenoxy) is 1. The lowest BCUT2D eigenvalue weighted by Gasteiger charge is -2.30. The summed E-state index contributed by atoms with van der Waals surface area (Å²) < 4.78 is 87.6. The highest BCUT2D eigenvalue weighted by Crippen LogP contribution is 2.72. The first kappa shape index (κ1) is 29.2. The lowest BCUT2D eigenvalue weighted by Crippen LogP contribution is -2.38. The minimum absolute atomic E-state index is 0.0580. The minimum Gasteiger partial charge on any atom is -0.382 e. The van der Waals surface area contributed by atoms with Crippen LogP contribution in [0.4, 0.5) is 14.6 Å². The Morgan fingerprint density at radius 2 is 1.71 bits per heavy atom. The Hall–Kier alpha value is -3.26. The molecule has 11 atom stereocenters. The van der Waals surface area contributed by atoms with Crippen LogP contribution in [0.15, 0.2) is 30.1 Å². The summed E-state index contributed by atoms with van der Waals surface area (Å²) in [5, 5.41) is 0. The maximum atomic E-state index is 16.2. The number of nitrogens with one attached hydrogen (secondary N) is 1. The van der Waals surface area contributed by atoms with Gasteiger partial charge in [0.1, 0.15) is 36.3 Å². The van der Waals surface area contributed by atoms with Gasteiger partial charge in [-0.3, -0.25) is 27.5 Å². The number of halogens is 2. The quantitative estimate of drug-likeness (QED) is 0.214. The maximum absolute atomic E-state index is 16.2. The van der Waals surface area contributed by atoms with Crippen LogP contribution in [0, 0.1) is 11.3 Å². The second kappa shape index (κ2) is 9.87. The highest BCUT2D eigenvalue weighted by Gasteiger charge is 2.75. The van der Waals surface area contributed by atoms with Crippen molar-refractivity contribution >= 4 is 43.8 Å². The van der Waals surface area contributed by atoms with E-state index < -0.39 is 88.7 Å². The van der Waals surface area contributed by atoms with Crippen molar-refractivity contribution < 1.29 is 50.5 Å². The van der Waals surface area contributed by atoms with Crippen molar-refractivity contribution in [1.29, 1.82) is 0 Å². The highest BCUT2D eigenvalue weighted by atomic mass is 31.2. The predicted molar refractivity (Wildman–Crippen MR) is 142 cm³/mol. The van der Waals surface area contributed by atoms with Crippen molar-refractivity contribution in [2.75, 3.05) is 18.9 Å². The van der Waals surface area contributed by atoms with Crippen LogP contribution in [0.5, 0.6) is 0 Å². The van der Waals surface area contributed by atoms with Gasteiger partial charge >= 0.3 is 15.6 Å². The van der Waals surface area contributed by atoms with Gasteiger partial charge in [-0.15, -0.1) is 0 Å². The Kier molecular flexibility index (Phi) is 6.40. The van der Waals surface area contributed by atoms with Crippen LogP contribution >= 0.6 is 15.6 Å². The molecule has 0 radical (unpaired) electrons. The van der Waals surface area contributed by atoms with E-state index in [9.17, 15) is 23.7 Å². The van der Waals surface area contributed by atoms with Gasteiger partial charge in [0.05, 0.1) is 38.2 Å². The molecule has 4 aromatic heterocycles. The number of phosphoric ester groups is 2. The monoisotopic (exact) mass is 673 g/mol. The molecule has 2 saturated carbocycles. The molecule has 8 rings (SSSR count). The van der Waals surface area contributed by atoms with Crippen molar-refractivity contribution in [3.63, 3.8) is 0 Å². The molecule has 2 aliphatic carbocycles. The number of H-pyrrole nitrogens is 1. The van der Waals surface area contributed by atoms with Crippen molar-refractivity contribution in [2.24, 2.45) is 11.3 Å². The Bertz CT molecular complexity index is 1990. The number of imidazole rings is 2. The van der Waals surface area contributed by atoms with Gasteiger partial charge in [0, 0.05) is 5.41 Å². The number of hydrogen-bond acceptors (Lipinski definition) is 14. The number of alkyl halides is 2. The van der Waals surface area contributed by atoms with Gasteiger partial charge in [-0.25, -0.2) is 42.8 Å². The zero-order valence-electron chi connectivity index (χ0n) is 22.6. The van der Waals surface area contributed by atoms with Gasteiger partial charge in [0.15, 0.2) is 35.0 Å². The van der Waals surface area contributed by atoms with E-state index in [1.807, 2.05) is 0 Å². The fourth-order valence-corrected chi connectivity index (χ4v) is 8.69. The van der Waals surface area contributed by atoms with Crippen LogP contribution in [0.3, 0.4) is 0 Å². The first-order valence-electron chi connectivity index (χ1n) is 13.5. The molecular formula is C22H23F2N9O10P2. The van der Waals surface area contributed by atoms with Gasteiger partial charge in [-0.05, 0) is 12.3 Å². The highest BCUT2D eigenvalue weighted by molar-refractivity contribution is 7.47. The molecular weight excluding hydrogens is 650 g/mol. The summed E-state index contributed by atoms with van der Waals surface area (Å²) >= 11 is 0. The van der Waals surface area contributed by atoms with E-state index >= 15 is 8.78 Å². The van der Waals surface area contributed by atoms with E-state index in [-0.39, 0.29) is 34.6 Å². The molecule has 0 bridgehead atoms. The van der Waals surface area contributed by atoms with Gasteiger partial charge < -0.3 is 29.8 Å². The number of nitrogens with zero attached hydrogens (tertiary/aromatic N) is 7. The van der Waals surface area contributed by atoms with E-state index in [0.29, 0.717) is 0 Å². The van der Waals surface area contributed by atoms with E-state index in [0.717, 1.165) is 17.2 Å². The number of phosphoric acid groups is 2. The summed E-state index contributed by atoms with van der Waals surface area (Å²) in [6.07, 6.45) is -6.15. The van der Waals surface area contributed by atoms with Gasteiger partial charge in [-0.1, -0.05) is 0 Å². The molecule has 240 valence electrons. The SMILES string of the molecule is Nc1ncnc2c1ncn2[C@H]1[C@H](F)[C@@H]2OP(=O)(O)OC[C@H]3O[C@@H](n4cnc5c(=O)[nH]cnc54)[C@H](F)[C@@H]3OP(=O)(O)OC[C@]23C[C@H]13. The number of rotatable bonds is 2. The van der Waals surface area contributed by atoms with Crippen LogP contribution in [-0.2, 0) is 32.0 Å². The minimum atomic E-state index is -5.08. The number of nitrogen functional groups attached to an aromatic ring is 1. The third-order valence-electron chi connectivity index (χ3n) is 8.79. The smallest absolute Gasteiger partial charge is 0.382 e. The number of nitrogens with two attached hydrogens (primary N) is 1. The van der Waals surface area contributed by atoms with E-state index in [1.54, 1.807) is 0 Å². The maximum Gasteiger partial charge on any atom is 0.472 e. The van der Waals surface area contributed by atoms with E-state index in [1.165, 1.54) is 17.2 Å². The summed E-state index contributed by atoms with van der Waals surface area (Å²) in [5.74, 6) is -0.581. The molecule has 2 unspecified atom stereocenters. The molecule has 0 amide bonds.